The second-order valence-corrected chi connectivity index (χ2v) is 5.61. The molecule has 0 saturated heterocycles. The van der Waals surface area contributed by atoms with Crippen LogP contribution in [0.1, 0.15) is 35.8 Å². The number of primary amides is 1. The topological polar surface area (TPSA) is 103 Å². The van der Waals surface area contributed by atoms with E-state index in [4.69, 9.17) is 10.5 Å². The summed E-state index contributed by atoms with van der Waals surface area (Å²) in [6.45, 7) is 3.34. The number of aryl methyl sites for hydroxylation is 1. The summed E-state index contributed by atoms with van der Waals surface area (Å²) in [7, 11) is 0. The number of rotatable bonds is 7. The Kier molecular flexibility index (Phi) is 5.20. The maximum atomic E-state index is 11.6. The highest BCUT2D eigenvalue weighted by Gasteiger charge is 2.26. The minimum atomic E-state index is -0.657. The van der Waals surface area contributed by atoms with Gasteiger partial charge in [-0.25, -0.2) is 4.79 Å². The molecule has 0 atom stereocenters. The molecule has 0 unspecified atom stereocenters. The van der Waals surface area contributed by atoms with Gasteiger partial charge in [0, 0.05) is 23.5 Å². The molecule has 7 nitrogen and oxygen atoms in total. The van der Waals surface area contributed by atoms with E-state index in [1.165, 1.54) is 24.6 Å². The Hall–Kier alpha value is -2.57. The Labute approximate surface area is 134 Å². The highest BCUT2D eigenvalue weighted by atomic mass is 16.5. The van der Waals surface area contributed by atoms with E-state index in [2.05, 4.69) is 9.88 Å². The Bertz CT molecular complexity index is 657. The molecule has 1 aromatic rings. The number of hydrogen-bond acceptors (Lipinski definition) is 4. The molecule has 7 heteroatoms. The first-order chi connectivity index (χ1) is 10.9. The van der Waals surface area contributed by atoms with Gasteiger partial charge in [0.15, 0.2) is 6.61 Å². The van der Waals surface area contributed by atoms with E-state index in [0.29, 0.717) is 6.04 Å². The number of esters is 1. The van der Waals surface area contributed by atoms with Crippen LogP contribution in [0.25, 0.3) is 6.08 Å². The molecule has 23 heavy (non-hydrogen) atoms. The van der Waals surface area contributed by atoms with Gasteiger partial charge in [-0.15, -0.1) is 0 Å². The summed E-state index contributed by atoms with van der Waals surface area (Å²) in [5.41, 5.74) is 8.14. The summed E-state index contributed by atoms with van der Waals surface area (Å²) in [4.78, 5) is 33.4. The first kappa shape index (κ1) is 16.8. The molecule has 2 amide bonds. The van der Waals surface area contributed by atoms with Gasteiger partial charge in [0.2, 0.25) is 5.91 Å². The van der Waals surface area contributed by atoms with Crippen molar-refractivity contribution in [2.45, 2.75) is 32.7 Å². The second-order valence-electron chi connectivity index (χ2n) is 5.61. The van der Waals surface area contributed by atoms with Crippen LogP contribution in [0.15, 0.2) is 12.1 Å². The minimum absolute atomic E-state index is 0.278. The number of nitrogens with one attached hydrogen (secondary N) is 1. The van der Waals surface area contributed by atoms with E-state index in [-0.39, 0.29) is 6.54 Å². The van der Waals surface area contributed by atoms with Crippen LogP contribution in [-0.4, -0.2) is 35.5 Å². The fraction of sp³-hybridized carbons (Fsp3) is 0.438. The van der Waals surface area contributed by atoms with Gasteiger partial charge in [-0.3, -0.25) is 9.59 Å². The van der Waals surface area contributed by atoms with Crippen LogP contribution >= 0.6 is 0 Å². The molecule has 1 aliphatic carbocycles. The fourth-order valence-corrected chi connectivity index (χ4v) is 2.45. The van der Waals surface area contributed by atoms with Crippen molar-refractivity contribution in [3.05, 3.63) is 29.1 Å². The van der Waals surface area contributed by atoms with E-state index < -0.39 is 24.4 Å². The highest BCUT2D eigenvalue weighted by Crippen LogP contribution is 2.38. The molecule has 2 rings (SSSR count). The van der Waals surface area contributed by atoms with E-state index >= 15 is 0 Å². The number of ether oxygens (including phenoxy) is 1. The number of nitrogens with zero attached hydrogens (tertiary/aromatic N) is 1. The molecule has 1 aromatic heterocycles. The van der Waals surface area contributed by atoms with Crippen molar-refractivity contribution in [3.8, 4) is 0 Å². The Morgan fingerprint density at radius 1 is 1.39 bits per heavy atom. The third-order valence-corrected chi connectivity index (χ3v) is 3.64. The predicted molar refractivity (Wildman–Crippen MR) is 84.4 cm³/mol. The Morgan fingerprint density at radius 2 is 2.09 bits per heavy atom. The molecular weight excluding hydrogens is 298 g/mol. The van der Waals surface area contributed by atoms with Crippen LogP contribution in [-0.2, 0) is 19.1 Å². The summed E-state index contributed by atoms with van der Waals surface area (Å²) in [5.74, 6) is -1.84. The van der Waals surface area contributed by atoms with Gasteiger partial charge < -0.3 is 20.4 Å². The van der Waals surface area contributed by atoms with Crippen molar-refractivity contribution in [2.75, 3.05) is 13.2 Å². The summed E-state index contributed by atoms with van der Waals surface area (Å²) in [5, 5.41) is 2.23. The van der Waals surface area contributed by atoms with Gasteiger partial charge in [-0.05, 0) is 44.4 Å². The quantitative estimate of drug-likeness (QED) is 0.567. The lowest BCUT2D eigenvalue weighted by Crippen LogP contribution is -2.35. The average molecular weight is 319 g/mol. The Morgan fingerprint density at radius 3 is 2.70 bits per heavy atom. The lowest BCUT2D eigenvalue weighted by molar-refractivity contribution is -0.143. The zero-order valence-electron chi connectivity index (χ0n) is 13.3. The standard InChI is InChI=1S/C16H21N3O4/c1-10-7-12(11(2)19(10)13-4-5-13)3-6-16(22)23-9-15(21)18-8-14(17)20/h3,6-7,13H,4-5,8-9H2,1-2H3,(H2,17,20)(H,18,21)/b6-3+. The molecule has 3 N–H and O–H groups in total. The molecule has 0 spiro atoms. The van der Waals surface area contributed by atoms with Gasteiger partial charge >= 0.3 is 5.97 Å². The molecule has 124 valence electrons. The molecular formula is C16H21N3O4. The fourth-order valence-electron chi connectivity index (χ4n) is 2.45. The summed E-state index contributed by atoms with van der Waals surface area (Å²) in [6.07, 6.45) is 5.37. The third-order valence-electron chi connectivity index (χ3n) is 3.64. The molecule has 0 aliphatic heterocycles. The van der Waals surface area contributed by atoms with Crippen LogP contribution in [0.3, 0.4) is 0 Å². The van der Waals surface area contributed by atoms with E-state index in [1.807, 2.05) is 19.9 Å². The van der Waals surface area contributed by atoms with E-state index in [1.54, 1.807) is 6.08 Å². The zero-order chi connectivity index (χ0) is 17.0. The van der Waals surface area contributed by atoms with Crippen LogP contribution < -0.4 is 11.1 Å². The minimum Gasteiger partial charge on any atom is -0.452 e. The highest BCUT2D eigenvalue weighted by molar-refractivity contribution is 5.90. The number of hydrogen-bond donors (Lipinski definition) is 2. The monoisotopic (exact) mass is 319 g/mol. The van der Waals surface area contributed by atoms with E-state index in [9.17, 15) is 14.4 Å². The first-order valence-corrected chi connectivity index (χ1v) is 7.46. The number of amides is 2. The number of aromatic nitrogens is 1. The summed E-state index contributed by atoms with van der Waals surface area (Å²) < 4.78 is 7.08. The summed E-state index contributed by atoms with van der Waals surface area (Å²) >= 11 is 0. The molecule has 0 bridgehead atoms. The Balaban J connectivity index is 1.85. The third kappa shape index (κ3) is 4.70. The normalized spacial score (nSPS) is 14.0. The number of nitrogens with two attached hydrogens (primary N) is 1. The van der Waals surface area contributed by atoms with Gasteiger partial charge in [0.05, 0.1) is 6.54 Å². The van der Waals surface area contributed by atoms with Crippen LogP contribution in [0.2, 0.25) is 0 Å². The predicted octanol–water partition coefficient (Wildman–Crippen LogP) is 0.598. The van der Waals surface area contributed by atoms with Crippen molar-refractivity contribution < 1.29 is 19.1 Å². The number of carbonyl (C=O) groups is 3. The van der Waals surface area contributed by atoms with Crippen molar-refractivity contribution in [1.29, 1.82) is 0 Å². The van der Waals surface area contributed by atoms with Gasteiger partial charge in [-0.1, -0.05) is 0 Å². The zero-order valence-corrected chi connectivity index (χ0v) is 13.3. The maximum absolute atomic E-state index is 11.6. The first-order valence-electron chi connectivity index (χ1n) is 7.46. The van der Waals surface area contributed by atoms with Crippen LogP contribution in [0.5, 0.6) is 0 Å². The van der Waals surface area contributed by atoms with Crippen LogP contribution in [0.4, 0.5) is 0 Å². The molecule has 1 heterocycles. The van der Waals surface area contributed by atoms with Gasteiger partial charge in [0.25, 0.3) is 5.91 Å². The van der Waals surface area contributed by atoms with Crippen molar-refractivity contribution in [2.24, 2.45) is 5.73 Å². The maximum Gasteiger partial charge on any atom is 0.331 e. The lowest BCUT2D eigenvalue weighted by Gasteiger charge is -2.06. The molecule has 1 aliphatic rings. The van der Waals surface area contributed by atoms with Crippen molar-refractivity contribution in [3.63, 3.8) is 0 Å². The SMILES string of the molecule is Cc1cc(/C=C/C(=O)OCC(=O)NCC(N)=O)c(C)n1C1CC1. The van der Waals surface area contributed by atoms with E-state index in [0.717, 1.165) is 11.3 Å². The van der Waals surface area contributed by atoms with Crippen molar-refractivity contribution >= 4 is 23.9 Å². The molecule has 0 aromatic carbocycles. The molecule has 1 saturated carbocycles. The number of carbonyl (C=O) groups excluding carboxylic acids is 3. The smallest absolute Gasteiger partial charge is 0.331 e. The average Bonchev–Trinajstić information content (AvgIpc) is 3.27. The lowest BCUT2D eigenvalue weighted by atomic mass is 10.2. The molecule has 1 fully saturated rings. The largest absolute Gasteiger partial charge is 0.452 e. The van der Waals surface area contributed by atoms with Gasteiger partial charge in [0.1, 0.15) is 0 Å². The second kappa shape index (κ2) is 7.13. The summed E-state index contributed by atoms with van der Waals surface area (Å²) in [6, 6.07) is 2.61. The molecule has 0 radical (unpaired) electrons. The van der Waals surface area contributed by atoms with Crippen LogP contribution in [0, 0.1) is 13.8 Å². The van der Waals surface area contributed by atoms with Gasteiger partial charge in [-0.2, -0.15) is 0 Å². The van der Waals surface area contributed by atoms with Crippen molar-refractivity contribution in [1.82, 2.24) is 9.88 Å².